The van der Waals surface area contributed by atoms with Crippen molar-refractivity contribution in [2.45, 2.75) is 26.5 Å². The molecule has 9 heteroatoms. The van der Waals surface area contributed by atoms with E-state index in [1.54, 1.807) is 35.3 Å². The van der Waals surface area contributed by atoms with E-state index in [9.17, 15) is 14.3 Å². The fraction of sp³-hybridized carbons (Fsp3) is 0.160. The van der Waals surface area contributed by atoms with Gasteiger partial charge in [0.1, 0.15) is 17.7 Å². The molecule has 1 atom stereocenters. The molecule has 1 aliphatic heterocycles. The average Bonchev–Trinajstić information content (AvgIpc) is 3.25. The predicted molar refractivity (Wildman–Crippen MR) is 131 cm³/mol. The largest absolute Gasteiger partial charge is 0.390 e. The lowest BCUT2D eigenvalue weighted by molar-refractivity contribution is -0.105. The fourth-order valence-electron chi connectivity index (χ4n) is 3.81. The maximum absolute atomic E-state index is 13.8. The molecule has 3 N–H and O–H groups in total. The normalized spacial score (nSPS) is 14.7. The second kappa shape index (κ2) is 10.0. The van der Waals surface area contributed by atoms with E-state index in [1.165, 1.54) is 6.07 Å². The Kier molecular flexibility index (Phi) is 6.90. The van der Waals surface area contributed by atoms with Crippen LogP contribution in [0.15, 0.2) is 72.2 Å². The number of carbonyl (C=O) groups is 1. The lowest BCUT2D eigenvalue weighted by Crippen LogP contribution is -2.23. The van der Waals surface area contributed by atoms with Gasteiger partial charge < -0.3 is 15.7 Å². The van der Waals surface area contributed by atoms with Crippen LogP contribution in [0.3, 0.4) is 0 Å². The molecule has 0 fully saturated rings. The van der Waals surface area contributed by atoms with Gasteiger partial charge in [0.15, 0.2) is 0 Å². The molecule has 3 heterocycles. The van der Waals surface area contributed by atoms with Gasteiger partial charge in [-0.3, -0.25) is 9.78 Å². The molecule has 0 bridgehead atoms. The highest BCUT2D eigenvalue weighted by Crippen LogP contribution is 2.36. The minimum atomic E-state index is -0.450. The smallest absolute Gasteiger partial charge is 0.211 e. The molecule has 4 aromatic rings. The van der Waals surface area contributed by atoms with E-state index in [0.29, 0.717) is 12.1 Å². The zero-order valence-corrected chi connectivity index (χ0v) is 19.3. The summed E-state index contributed by atoms with van der Waals surface area (Å²) < 4.78 is 15.5. The van der Waals surface area contributed by atoms with Crippen molar-refractivity contribution in [3.63, 3.8) is 0 Å². The summed E-state index contributed by atoms with van der Waals surface area (Å²) in [6, 6.07) is 13.9. The Morgan fingerprint density at radius 3 is 2.74 bits per heavy atom. The van der Waals surface area contributed by atoms with E-state index in [-0.39, 0.29) is 17.7 Å². The van der Waals surface area contributed by atoms with Crippen LogP contribution in [0.2, 0.25) is 5.02 Å². The number of aliphatic hydroxyl groups excluding tert-OH is 1. The molecule has 174 valence electrons. The van der Waals surface area contributed by atoms with Gasteiger partial charge in [0.05, 0.1) is 17.3 Å². The van der Waals surface area contributed by atoms with Gasteiger partial charge in [0, 0.05) is 35.2 Å². The summed E-state index contributed by atoms with van der Waals surface area (Å²) >= 11 is 5.76. The predicted octanol–water partition coefficient (Wildman–Crippen LogP) is 5.28. The fourth-order valence-corrected chi connectivity index (χ4v) is 3.92. The minimum absolute atomic E-state index is 0.0998. The number of carbonyl (C=O) groups excluding carboxylic acids is 1. The third kappa shape index (κ3) is 4.78. The second-order valence-electron chi connectivity index (χ2n) is 7.83. The van der Waals surface area contributed by atoms with E-state index < -0.39 is 5.82 Å². The summed E-state index contributed by atoms with van der Waals surface area (Å²) in [5, 5.41) is 21.7. The van der Waals surface area contributed by atoms with Crippen LogP contribution < -0.4 is 10.6 Å². The first-order chi connectivity index (χ1) is 16.4. The quantitative estimate of drug-likeness (QED) is 0.346. The Hall–Kier alpha value is -3.75. The number of aliphatic hydroxyl groups is 1. The Balaban J connectivity index is 0.000000180. The summed E-state index contributed by atoms with van der Waals surface area (Å²) in [6.45, 7) is 3.80. The number of benzene rings is 2. The maximum Gasteiger partial charge on any atom is 0.211 e. The van der Waals surface area contributed by atoms with E-state index in [1.807, 2.05) is 38.1 Å². The van der Waals surface area contributed by atoms with Crippen molar-refractivity contribution in [1.82, 2.24) is 14.8 Å². The highest BCUT2D eigenvalue weighted by molar-refractivity contribution is 6.30. The second-order valence-corrected chi connectivity index (χ2v) is 8.24. The molecular weight excluding hydrogens is 457 g/mol. The molecule has 2 aromatic carbocycles. The lowest BCUT2D eigenvalue weighted by atomic mass is 9.97. The number of hydrogen-bond donors (Lipinski definition) is 3. The number of hydrogen-bond acceptors (Lipinski definition) is 5. The van der Waals surface area contributed by atoms with Crippen LogP contribution in [0.4, 0.5) is 15.9 Å². The molecule has 0 radical (unpaired) electrons. The van der Waals surface area contributed by atoms with Gasteiger partial charge in [-0.2, -0.15) is 5.10 Å². The molecular formula is C25H23ClFN5O2. The lowest BCUT2D eigenvalue weighted by Gasteiger charge is -2.28. The molecule has 34 heavy (non-hydrogen) atoms. The van der Waals surface area contributed by atoms with Crippen molar-refractivity contribution in [3.05, 3.63) is 94.3 Å². The van der Waals surface area contributed by atoms with Gasteiger partial charge in [0.2, 0.25) is 6.41 Å². The van der Waals surface area contributed by atoms with E-state index in [4.69, 9.17) is 11.6 Å². The Labute approximate surface area is 200 Å². The van der Waals surface area contributed by atoms with Crippen molar-refractivity contribution in [2.75, 3.05) is 10.6 Å². The van der Waals surface area contributed by atoms with Crippen LogP contribution in [-0.4, -0.2) is 26.3 Å². The van der Waals surface area contributed by atoms with Crippen LogP contribution in [0.5, 0.6) is 0 Å². The van der Waals surface area contributed by atoms with Gasteiger partial charge in [-0.25, -0.2) is 9.07 Å². The number of aromatic nitrogens is 3. The topological polar surface area (TPSA) is 92.1 Å². The molecule has 0 spiro atoms. The van der Waals surface area contributed by atoms with Crippen LogP contribution >= 0.6 is 11.6 Å². The zero-order valence-electron chi connectivity index (χ0n) is 18.6. The maximum atomic E-state index is 13.8. The van der Waals surface area contributed by atoms with Gasteiger partial charge in [0.25, 0.3) is 0 Å². The van der Waals surface area contributed by atoms with E-state index >= 15 is 0 Å². The number of pyridine rings is 1. The summed E-state index contributed by atoms with van der Waals surface area (Å²) in [5.41, 5.74) is 4.17. The first kappa shape index (κ1) is 23.4. The summed E-state index contributed by atoms with van der Waals surface area (Å²) in [5.74, 6) is 0.330. The number of anilines is 2. The standard InChI is InChI=1S/C15H15ClFN3O.C10H8N2O/c1-8-9(2)18-14-6-11(7-21)19-20(14)15(8)10-3-4-12(16)13(17)5-10;13-7-12-10-2-1-9-6-11-4-3-8(9)5-10/h3-6,15,18,21H,7H2,1-2H3;1-7H,(H,12,13). The summed E-state index contributed by atoms with van der Waals surface area (Å²) in [4.78, 5) is 14.2. The molecule has 1 aliphatic rings. The van der Waals surface area contributed by atoms with Gasteiger partial charge in [-0.15, -0.1) is 0 Å². The SMILES string of the molecule is CC1=C(C)C(c2ccc(Cl)c(F)c2)n2nc(CO)cc2N1.O=CNc1ccc2cnccc2c1. The number of allylic oxidation sites excluding steroid dienone is 2. The van der Waals surface area contributed by atoms with Crippen LogP contribution in [0.25, 0.3) is 10.8 Å². The zero-order chi connectivity index (χ0) is 24.2. The minimum Gasteiger partial charge on any atom is -0.390 e. The highest BCUT2D eigenvalue weighted by Gasteiger charge is 2.27. The van der Waals surface area contributed by atoms with Crippen molar-refractivity contribution >= 4 is 40.3 Å². The monoisotopic (exact) mass is 479 g/mol. The van der Waals surface area contributed by atoms with E-state index in [2.05, 4.69) is 20.7 Å². The molecule has 0 saturated carbocycles. The Morgan fingerprint density at radius 2 is 2.00 bits per heavy atom. The molecule has 0 saturated heterocycles. The highest BCUT2D eigenvalue weighted by atomic mass is 35.5. The van der Waals surface area contributed by atoms with E-state index in [0.717, 1.165) is 39.1 Å². The number of rotatable bonds is 4. The van der Waals surface area contributed by atoms with Crippen LogP contribution in [-0.2, 0) is 11.4 Å². The molecule has 2 aromatic heterocycles. The number of halogens is 2. The van der Waals surface area contributed by atoms with Gasteiger partial charge in [-0.05, 0) is 60.7 Å². The van der Waals surface area contributed by atoms with Crippen molar-refractivity contribution < 1.29 is 14.3 Å². The first-order valence-electron chi connectivity index (χ1n) is 10.5. The number of fused-ring (bicyclic) bond motifs is 2. The van der Waals surface area contributed by atoms with Gasteiger partial charge >= 0.3 is 0 Å². The third-order valence-corrected chi connectivity index (χ3v) is 5.94. The number of nitrogens with one attached hydrogen (secondary N) is 2. The van der Waals surface area contributed by atoms with Crippen molar-refractivity contribution in [1.29, 1.82) is 0 Å². The molecule has 7 nitrogen and oxygen atoms in total. The first-order valence-corrected chi connectivity index (χ1v) is 10.9. The molecule has 1 amide bonds. The van der Waals surface area contributed by atoms with Gasteiger partial charge in [-0.1, -0.05) is 23.7 Å². The average molecular weight is 480 g/mol. The molecule has 1 unspecified atom stereocenters. The van der Waals surface area contributed by atoms with Crippen LogP contribution in [0.1, 0.15) is 31.1 Å². The Bertz CT molecular complexity index is 1390. The Morgan fingerprint density at radius 1 is 1.18 bits per heavy atom. The molecule has 5 rings (SSSR count). The summed E-state index contributed by atoms with van der Waals surface area (Å²) in [6.07, 6.45) is 4.19. The number of amides is 1. The van der Waals surface area contributed by atoms with Crippen molar-refractivity contribution in [2.24, 2.45) is 0 Å². The van der Waals surface area contributed by atoms with Crippen LogP contribution in [0, 0.1) is 5.82 Å². The number of nitrogens with zero attached hydrogens (tertiary/aromatic N) is 3. The molecule has 0 aliphatic carbocycles. The van der Waals surface area contributed by atoms with Crippen molar-refractivity contribution in [3.8, 4) is 0 Å². The third-order valence-electron chi connectivity index (χ3n) is 5.64. The summed E-state index contributed by atoms with van der Waals surface area (Å²) in [7, 11) is 0.